The summed E-state index contributed by atoms with van der Waals surface area (Å²) in [5.74, 6) is -0.287. The number of likely N-dealkylation sites (tertiary alicyclic amines) is 1. The molecule has 0 unspecified atom stereocenters. The van der Waals surface area contributed by atoms with Gasteiger partial charge in [0.05, 0.1) is 17.5 Å². The molecule has 2 aliphatic rings. The molecule has 0 aromatic heterocycles. The Kier molecular flexibility index (Phi) is 7.66. The first-order valence-electron chi connectivity index (χ1n) is 10.5. The van der Waals surface area contributed by atoms with Crippen LogP contribution in [0.25, 0.3) is 0 Å². The minimum Gasteiger partial charge on any atom is -0.353 e. The number of rotatable bonds is 8. The van der Waals surface area contributed by atoms with Crippen LogP contribution in [0.1, 0.15) is 44.9 Å². The van der Waals surface area contributed by atoms with Gasteiger partial charge in [0.2, 0.25) is 11.8 Å². The zero-order valence-corrected chi connectivity index (χ0v) is 17.6. The standard InChI is InChI=1S/C21H31N3O4S/c25-20(12-15-29(27,28)19-8-4-5-9-19)22-18-10-13-24(14-11-18)16-21(26)23-17-6-2-1-3-7-17/h1-3,6-7,18-19H,4-5,8-16H2,(H,22,25)(H,23,26). The van der Waals surface area contributed by atoms with E-state index in [1.165, 1.54) is 0 Å². The number of hydrogen-bond donors (Lipinski definition) is 2. The van der Waals surface area contributed by atoms with Gasteiger partial charge in [-0.3, -0.25) is 14.5 Å². The first kappa shape index (κ1) is 21.8. The molecule has 3 rings (SSSR count). The number of sulfone groups is 1. The maximum atomic E-state index is 12.3. The van der Waals surface area contributed by atoms with Crippen molar-refractivity contribution in [3.8, 4) is 0 Å². The van der Waals surface area contributed by atoms with Gasteiger partial charge in [0.15, 0.2) is 9.84 Å². The predicted molar refractivity (Wildman–Crippen MR) is 113 cm³/mol. The van der Waals surface area contributed by atoms with Crippen molar-refractivity contribution in [2.75, 3.05) is 30.7 Å². The van der Waals surface area contributed by atoms with E-state index in [1.54, 1.807) is 0 Å². The molecule has 1 aliphatic heterocycles. The molecule has 0 radical (unpaired) electrons. The van der Waals surface area contributed by atoms with E-state index in [1.807, 2.05) is 30.3 Å². The van der Waals surface area contributed by atoms with Gasteiger partial charge >= 0.3 is 0 Å². The molecule has 0 atom stereocenters. The third kappa shape index (κ3) is 6.82. The number of anilines is 1. The zero-order valence-electron chi connectivity index (χ0n) is 16.8. The lowest BCUT2D eigenvalue weighted by Gasteiger charge is -2.31. The van der Waals surface area contributed by atoms with Crippen molar-refractivity contribution in [2.24, 2.45) is 0 Å². The van der Waals surface area contributed by atoms with Gasteiger partial charge in [0, 0.05) is 31.2 Å². The summed E-state index contributed by atoms with van der Waals surface area (Å²) in [4.78, 5) is 26.4. The van der Waals surface area contributed by atoms with Crippen molar-refractivity contribution >= 4 is 27.3 Å². The van der Waals surface area contributed by atoms with Gasteiger partial charge in [-0.2, -0.15) is 0 Å². The minimum atomic E-state index is -3.16. The van der Waals surface area contributed by atoms with E-state index >= 15 is 0 Å². The molecule has 7 nitrogen and oxygen atoms in total. The van der Waals surface area contributed by atoms with Gasteiger partial charge in [-0.1, -0.05) is 31.0 Å². The minimum absolute atomic E-state index is 0.0402. The summed E-state index contributed by atoms with van der Waals surface area (Å²) in [6, 6.07) is 9.41. The fraction of sp³-hybridized carbons (Fsp3) is 0.619. The lowest BCUT2D eigenvalue weighted by atomic mass is 10.0. The molecule has 2 amide bonds. The van der Waals surface area contributed by atoms with Gasteiger partial charge in [-0.15, -0.1) is 0 Å². The third-order valence-electron chi connectivity index (χ3n) is 5.80. The highest BCUT2D eigenvalue weighted by Crippen LogP contribution is 2.25. The monoisotopic (exact) mass is 421 g/mol. The van der Waals surface area contributed by atoms with Crippen molar-refractivity contribution in [1.82, 2.24) is 10.2 Å². The molecule has 2 N–H and O–H groups in total. The fourth-order valence-electron chi connectivity index (χ4n) is 4.11. The van der Waals surface area contributed by atoms with Crippen LogP contribution in [0.3, 0.4) is 0 Å². The van der Waals surface area contributed by atoms with Crippen molar-refractivity contribution in [2.45, 2.75) is 56.2 Å². The summed E-state index contributed by atoms with van der Waals surface area (Å²) < 4.78 is 24.6. The Balaban J connectivity index is 1.34. The van der Waals surface area contributed by atoms with E-state index < -0.39 is 9.84 Å². The summed E-state index contributed by atoms with van der Waals surface area (Å²) in [7, 11) is -3.16. The summed E-state index contributed by atoms with van der Waals surface area (Å²) in [6.07, 6.45) is 4.98. The molecule has 160 valence electrons. The summed E-state index contributed by atoms with van der Waals surface area (Å²) in [5.41, 5.74) is 0.784. The van der Waals surface area contributed by atoms with E-state index in [0.29, 0.717) is 6.54 Å². The molecule has 29 heavy (non-hydrogen) atoms. The number of carbonyl (C=O) groups is 2. The molecular weight excluding hydrogens is 390 g/mol. The largest absolute Gasteiger partial charge is 0.353 e. The van der Waals surface area contributed by atoms with Crippen LogP contribution in [0.15, 0.2) is 30.3 Å². The van der Waals surface area contributed by atoms with Crippen LogP contribution in [-0.2, 0) is 19.4 Å². The molecular formula is C21H31N3O4S. The molecule has 0 bridgehead atoms. The van der Waals surface area contributed by atoms with Gasteiger partial charge < -0.3 is 10.6 Å². The Labute approximate surface area is 173 Å². The number of piperidine rings is 1. The Bertz CT molecular complexity index is 783. The van der Waals surface area contributed by atoms with E-state index in [9.17, 15) is 18.0 Å². The number of benzene rings is 1. The lowest BCUT2D eigenvalue weighted by molar-refractivity contribution is -0.122. The highest BCUT2D eigenvalue weighted by atomic mass is 32.2. The first-order valence-corrected chi connectivity index (χ1v) is 12.2. The number of nitrogens with one attached hydrogen (secondary N) is 2. The fourth-order valence-corrected chi connectivity index (χ4v) is 5.96. The Morgan fingerprint density at radius 1 is 0.966 bits per heavy atom. The number of hydrogen-bond acceptors (Lipinski definition) is 5. The highest BCUT2D eigenvalue weighted by molar-refractivity contribution is 7.92. The van der Waals surface area contributed by atoms with Crippen LogP contribution in [0.5, 0.6) is 0 Å². The Morgan fingerprint density at radius 2 is 1.62 bits per heavy atom. The van der Waals surface area contributed by atoms with Gasteiger partial charge in [-0.05, 0) is 37.8 Å². The molecule has 0 spiro atoms. The van der Waals surface area contributed by atoms with E-state index in [0.717, 1.165) is 57.3 Å². The summed E-state index contributed by atoms with van der Waals surface area (Å²) >= 11 is 0. The third-order valence-corrected chi connectivity index (χ3v) is 8.06. The lowest BCUT2D eigenvalue weighted by Crippen LogP contribution is -2.46. The van der Waals surface area contributed by atoms with E-state index in [4.69, 9.17) is 0 Å². The second-order valence-corrected chi connectivity index (χ2v) is 10.5. The quantitative estimate of drug-likeness (QED) is 0.669. The number of carbonyl (C=O) groups excluding carboxylic acids is 2. The van der Waals surface area contributed by atoms with Crippen molar-refractivity contribution in [1.29, 1.82) is 0 Å². The normalized spacial score (nSPS) is 19.2. The van der Waals surface area contributed by atoms with Crippen molar-refractivity contribution in [3.05, 3.63) is 30.3 Å². The second kappa shape index (κ2) is 10.2. The average Bonchev–Trinajstić information content (AvgIpc) is 3.25. The van der Waals surface area contributed by atoms with Gasteiger partial charge in [-0.25, -0.2) is 8.42 Å². The topological polar surface area (TPSA) is 95.6 Å². The Hall–Kier alpha value is -1.93. The van der Waals surface area contributed by atoms with E-state index in [-0.39, 0.29) is 35.3 Å². The maximum Gasteiger partial charge on any atom is 0.238 e. The van der Waals surface area contributed by atoms with Crippen LogP contribution >= 0.6 is 0 Å². The van der Waals surface area contributed by atoms with Crippen LogP contribution in [-0.4, -0.2) is 61.8 Å². The molecule has 1 heterocycles. The van der Waals surface area contributed by atoms with E-state index in [2.05, 4.69) is 15.5 Å². The second-order valence-electron chi connectivity index (χ2n) is 8.06. The van der Waals surface area contributed by atoms with Crippen LogP contribution < -0.4 is 10.6 Å². The number of para-hydroxylation sites is 1. The summed E-state index contributed by atoms with van der Waals surface area (Å²) in [6.45, 7) is 1.79. The smallest absolute Gasteiger partial charge is 0.238 e. The number of nitrogens with zero attached hydrogens (tertiary/aromatic N) is 1. The molecule has 1 aromatic carbocycles. The summed E-state index contributed by atoms with van der Waals surface area (Å²) in [5, 5.41) is 5.59. The molecule has 1 saturated heterocycles. The SMILES string of the molecule is O=C(CN1CCC(NC(=O)CCS(=O)(=O)C2CCCC2)CC1)Nc1ccccc1. The van der Waals surface area contributed by atoms with Gasteiger partial charge in [0.1, 0.15) is 0 Å². The molecule has 2 fully saturated rings. The van der Waals surface area contributed by atoms with Crippen LogP contribution in [0, 0.1) is 0 Å². The molecule has 8 heteroatoms. The molecule has 1 aliphatic carbocycles. The predicted octanol–water partition coefficient (Wildman–Crippen LogP) is 1.95. The average molecular weight is 422 g/mol. The zero-order chi connectivity index (χ0) is 20.7. The van der Waals surface area contributed by atoms with Gasteiger partial charge in [0.25, 0.3) is 0 Å². The molecule has 1 saturated carbocycles. The van der Waals surface area contributed by atoms with Crippen LogP contribution in [0.4, 0.5) is 5.69 Å². The number of amides is 2. The van der Waals surface area contributed by atoms with Crippen LogP contribution in [0.2, 0.25) is 0 Å². The van der Waals surface area contributed by atoms with Crippen molar-refractivity contribution in [3.63, 3.8) is 0 Å². The first-order chi connectivity index (χ1) is 13.9. The van der Waals surface area contributed by atoms with Crippen molar-refractivity contribution < 1.29 is 18.0 Å². The Morgan fingerprint density at radius 3 is 2.28 bits per heavy atom. The highest BCUT2D eigenvalue weighted by Gasteiger charge is 2.29. The maximum absolute atomic E-state index is 12.3. The molecule has 1 aromatic rings.